The van der Waals surface area contributed by atoms with E-state index in [4.69, 9.17) is 4.74 Å². The van der Waals surface area contributed by atoms with Crippen LogP contribution in [-0.2, 0) is 17.6 Å². The van der Waals surface area contributed by atoms with E-state index in [0.29, 0.717) is 11.4 Å². The predicted octanol–water partition coefficient (Wildman–Crippen LogP) is 3.37. The monoisotopic (exact) mass is 425 g/mol. The van der Waals surface area contributed by atoms with E-state index in [2.05, 4.69) is 22.2 Å². The van der Waals surface area contributed by atoms with Crippen molar-refractivity contribution in [3.63, 3.8) is 0 Å². The zero-order valence-electron chi connectivity index (χ0n) is 16.8. The lowest BCUT2D eigenvalue weighted by Crippen LogP contribution is -2.17. The van der Waals surface area contributed by atoms with Crippen LogP contribution in [0.2, 0.25) is 0 Å². The number of nitrogens with one attached hydrogen (secondary N) is 2. The summed E-state index contributed by atoms with van der Waals surface area (Å²) in [5.74, 6) is 0.193. The van der Waals surface area contributed by atoms with Gasteiger partial charge in [0.2, 0.25) is 11.8 Å². The fourth-order valence-corrected chi connectivity index (χ4v) is 3.45. The van der Waals surface area contributed by atoms with E-state index in [1.54, 1.807) is 19.2 Å². The number of carbonyl (C=O) groups is 1. The molecule has 0 aliphatic heterocycles. The zero-order valence-corrected chi connectivity index (χ0v) is 17.6. The van der Waals surface area contributed by atoms with Gasteiger partial charge in [0.1, 0.15) is 5.75 Å². The highest BCUT2D eigenvalue weighted by Gasteiger charge is 2.13. The van der Waals surface area contributed by atoms with Crippen molar-refractivity contribution in [2.75, 3.05) is 18.2 Å². The highest BCUT2D eigenvalue weighted by molar-refractivity contribution is 7.99. The first-order valence-electron chi connectivity index (χ1n) is 9.45. The van der Waals surface area contributed by atoms with Crippen LogP contribution in [0.1, 0.15) is 23.6 Å². The Morgan fingerprint density at radius 1 is 1.13 bits per heavy atom. The number of anilines is 1. The van der Waals surface area contributed by atoms with E-state index in [1.165, 1.54) is 5.56 Å². The highest BCUT2D eigenvalue weighted by Crippen LogP contribution is 2.20. The van der Waals surface area contributed by atoms with Gasteiger partial charge in [-0.1, -0.05) is 43.0 Å². The molecule has 1 heterocycles. The molecule has 7 nitrogen and oxygen atoms in total. The Bertz CT molecular complexity index is 1060. The minimum atomic E-state index is -0.434. The Balaban J connectivity index is 1.61. The number of thioether (sulfide) groups is 1. The first-order chi connectivity index (χ1) is 14.5. The van der Waals surface area contributed by atoms with Crippen LogP contribution in [0.4, 0.5) is 5.69 Å². The quantitative estimate of drug-likeness (QED) is 0.378. The van der Waals surface area contributed by atoms with Gasteiger partial charge < -0.3 is 20.1 Å². The van der Waals surface area contributed by atoms with Gasteiger partial charge in [-0.05, 0) is 41.8 Å². The molecule has 0 saturated carbocycles. The lowest BCUT2D eigenvalue weighted by molar-refractivity contribution is -0.113. The third-order valence-corrected chi connectivity index (χ3v) is 5.37. The van der Waals surface area contributed by atoms with Crippen LogP contribution in [0.3, 0.4) is 0 Å². The predicted molar refractivity (Wildman–Crippen MR) is 117 cm³/mol. The van der Waals surface area contributed by atoms with Gasteiger partial charge in [-0.25, -0.2) is 0 Å². The second-order valence-electron chi connectivity index (χ2n) is 6.59. The third-order valence-electron chi connectivity index (χ3n) is 4.50. The van der Waals surface area contributed by atoms with Crippen molar-refractivity contribution in [1.82, 2.24) is 9.97 Å². The van der Waals surface area contributed by atoms with Crippen LogP contribution < -0.4 is 15.6 Å². The molecule has 0 saturated heterocycles. The molecule has 0 bridgehead atoms. The summed E-state index contributed by atoms with van der Waals surface area (Å²) in [6, 6.07) is 14.8. The fraction of sp³-hybridized carbons (Fsp3) is 0.227. The second kappa shape index (κ2) is 9.98. The van der Waals surface area contributed by atoms with E-state index in [-0.39, 0.29) is 34.7 Å². The Kier molecular flexibility index (Phi) is 7.13. The number of rotatable bonds is 8. The molecule has 3 N–H and O–H groups in total. The lowest BCUT2D eigenvalue weighted by atomic mass is 10.1. The van der Waals surface area contributed by atoms with E-state index >= 15 is 0 Å². The molecule has 0 aliphatic carbocycles. The molecule has 8 heteroatoms. The normalized spacial score (nSPS) is 10.6. The number of carbonyl (C=O) groups excluding carboxylic acids is 1. The molecule has 2 aromatic carbocycles. The Morgan fingerprint density at radius 3 is 2.40 bits per heavy atom. The number of aromatic amines is 1. The average molecular weight is 426 g/mol. The van der Waals surface area contributed by atoms with Gasteiger partial charge in [0, 0.05) is 12.1 Å². The summed E-state index contributed by atoms with van der Waals surface area (Å²) in [5, 5.41) is 13.2. The van der Waals surface area contributed by atoms with E-state index in [1.807, 2.05) is 36.4 Å². The van der Waals surface area contributed by atoms with Gasteiger partial charge in [0.15, 0.2) is 5.16 Å². The highest BCUT2D eigenvalue weighted by atomic mass is 32.2. The van der Waals surface area contributed by atoms with Crippen molar-refractivity contribution >= 4 is 23.4 Å². The van der Waals surface area contributed by atoms with Crippen molar-refractivity contribution in [1.29, 1.82) is 0 Å². The number of aryl methyl sites for hydroxylation is 1. The molecular formula is C22H23N3O4S. The Hall–Kier alpha value is -3.26. The van der Waals surface area contributed by atoms with Crippen LogP contribution in [0.5, 0.6) is 11.6 Å². The van der Waals surface area contributed by atoms with Crippen molar-refractivity contribution < 1.29 is 14.6 Å². The van der Waals surface area contributed by atoms with Crippen LogP contribution in [-0.4, -0.2) is 33.8 Å². The maximum Gasteiger partial charge on any atom is 0.258 e. The number of benzene rings is 2. The number of nitrogens with zero attached hydrogens (tertiary/aromatic N) is 1. The van der Waals surface area contributed by atoms with Crippen LogP contribution in [0.15, 0.2) is 58.5 Å². The smallest absolute Gasteiger partial charge is 0.258 e. The van der Waals surface area contributed by atoms with E-state index in [9.17, 15) is 14.7 Å². The van der Waals surface area contributed by atoms with Gasteiger partial charge in [-0.2, -0.15) is 4.98 Å². The van der Waals surface area contributed by atoms with Gasteiger partial charge in [0.25, 0.3) is 5.56 Å². The van der Waals surface area contributed by atoms with Crippen molar-refractivity contribution in [2.45, 2.75) is 24.9 Å². The molecule has 0 spiro atoms. The molecule has 3 rings (SSSR count). The Morgan fingerprint density at radius 2 is 1.80 bits per heavy atom. The van der Waals surface area contributed by atoms with Gasteiger partial charge >= 0.3 is 0 Å². The van der Waals surface area contributed by atoms with Crippen LogP contribution >= 0.6 is 11.8 Å². The number of aromatic nitrogens is 2. The molecule has 0 atom stereocenters. The molecule has 0 aliphatic rings. The number of methoxy groups -OCH3 is 1. The molecule has 30 heavy (non-hydrogen) atoms. The van der Waals surface area contributed by atoms with Gasteiger partial charge in [-0.3, -0.25) is 9.59 Å². The summed E-state index contributed by atoms with van der Waals surface area (Å²) in [5.41, 5.74) is 2.47. The minimum absolute atomic E-state index is 0.0513. The van der Waals surface area contributed by atoms with Crippen molar-refractivity contribution in [3.05, 3.63) is 75.6 Å². The molecule has 0 fully saturated rings. The SMILES string of the molecule is CCc1ccc(NC(=O)CSc2nc(O)c(Cc3ccc(OC)cc3)c(=O)[nH]2)cc1. The van der Waals surface area contributed by atoms with Crippen LogP contribution in [0, 0.1) is 0 Å². The molecule has 0 unspecified atom stereocenters. The van der Waals surface area contributed by atoms with E-state index in [0.717, 1.165) is 23.7 Å². The van der Waals surface area contributed by atoms with Crippen molar-refractivity contribution in [3.8, 4) is 11.6 Å². The standard InChI is InChI=1S/C22H23N3O4S/c1-3-14-4-8-16(9-5-14)23-19(26)13-30-22-24-20(27)18(21(28)25-22)12-15-6-10-17(29-2)11-7-15/h4-11H,3,12-13H2,1-2H3,(H,23,26)(H2,24,25,27,28). The van der Waals surface area contributed by atoms with E-state index < -0.39 is 5.56 Å². The number of hydrogen-bond donors (Lipinski definition) is 3. The number of ether oxygens (including phenoxy) is 1. The number of aromatic hydroxyl groups is 1. The maximum absolute atomic E-state index is 12.4. The zero-order chi connectivity index (χ0) is 21.5. The van der Waals surface area contributed by atoms with Gasteiger partial charge in [-0.15, -0.1) is 0 Å². The topological polar surface area (TPSA) is 104 Å². The van der Waals surface area contributed by atoms with Gasteiger partial charge in [0.05, 0.1) is 18.4 Å². The third kappa shape index (κ3) is 5.64. The first-order valence-corrected chi connectivity index (χ1v) is 10.4. The molecule has 3 aromatic rings. The molecule has 1 aromatic heterocycles. The minimum Gasteiger partial charge on any atom is -0.497 e. The summed E-state index contributed by atoms with van der Waals surface area (Å²) < 4.78 is 5.11. The first kappa shape index (κ1) is 21.4. The molecule has 1 amide bonds. The average Bonchev–Trinajstić information content (AvgIpc) is 2.76. The number of H-pyrrole nitrogens is 1. The number of hydrogen-bond acceptors (Lipinski definition) is 6. The molecule has 156 valence electrons. The maximum atomic E-state index is 12.4. The largest absolute Gasteiger partial charge is 0.497 e. The molecular weight excluding hydrogens is 402 g/mol. The summed E-state index contributed by atoms with van der Waals surface area (Å²) in [6.07, 6.45) is 1.17. The molecule has 0 radical (unpaired) electrons. The summed E-state index contributed by atoms with van der Waals surface area (Å²) in [6.45, 7) is 2.07. The summed E-state index contributed by atoms with van der Waals surface area (Å²) >= 11 is 1.05. The summed E-state index contributed by atoms with van der Waals surface area (Å²) in [7, 11) is 1.58. The number of amides is 1. The lowest BCUT2D eigenvalue weighted by Gasteiger charge is -2.08. The van der Waals surface area contributed by atoms with Crippen molar-refractivity contribution in [2.24, 2.45) is 0 Å². The summed E-state index contributed by atoms with van der Waals surface area (Å²) in [4.78, 5) is 31.2. The second-order valence-corrected chi connectivity index (χ2v) is 7.55. The fourth-order valence-electron chi connectivity index (χ4n) is 2.80. The Labute approximate surface area is 178 Å². The van der Waals surface area contributed by atoms with Crippen LogP contribution in [0.25, 0.3) is 0 Å².